The summed E-state index contributed by atoms with van der Waals surface area (Å²) < 4.78 is 0. The molecule has 3 nitrogen and oxygen atoms in total. The van der Waals surface area contributed by atoms with Crippen molar-refractivity contribution < 1.29 is 0 Å². The number of nitrogens with zero attached hydrogens (tertiary/aromatic N) is 3. The highest BCUT2D eigenvalue weighted by Crippen LogP contribution is 2.47. The van der Waals surface area contributed by atoms with Crippen LogP contribution < -0.4 is 9.80 Å². The quantitative estimate of drug-likeness (QED) is 0.174. The van der Waals surface area contributed by atoms with E-state index < -0.39 is 0 Å². The lowest BCUT2D eigenvalue weighted by molar-refractivity contribution is 0.768. The Hall–Kier alpha value is -6.63. The van der Waals surface area contributed by atoms with Crippen LogP contribution in [-0.4, -0.2) is 6.54 Å². The van der Waals surface area contributed by atoms with Crippen LogP contribution in [0.4, 0.5) is 28.4 Å². The first-order chi connectivity index (χ1) is 25.2. The second kappa shape index (κ2) is 11.8. The summed E-state index contributed by atoms with van der Waals surface area (Å²) in [6.45, 7) is 1.00. The number of benzene rings is 9. The summed E-state index contributed by atoms with van der Waals surface area (Å²) in [4.78, 5) is 4.77. The fraction of sp³-hybridized carbons (Fsp3) is 0.0625. The highest BCUT2D eigenvalue weighted by molar-refractivity contribution is 6.28. The molecule has 9 aromatic carbocycles. The van der Waals surface area contributed by atoms with Gasteiger partial charge < -0.3 is 9.80 Å². The molecule has 240 valence electrons. The van der Waals surface area contributed by atoms with Crippen LogP contribution in [0.5, 0.6) is 0 Å². The largest absolute Gasteiger partial charge is 0.341 e. The molecule has 1 aliphatic heterocycles. The fourth-order valence-electron chi connectivity index (χ4n) is 8.33. The smallest absolute Gasteiger partial charge is 0.101 e. The second-order valence-electron chi connectivity index (χ2n) is 13.5. The first kappa shape index (κ1) is 29.3. The number of hydrogen-bond donors (Lipinski definition) is 0. The van der Waals surface area contributed by atoms with Crippen molar-refractivity contribution in [2.75, 3.05) is 16.3 Å². The Kier molecular flexibility index (Phi) is 6.76. The van der Waals surface area contributed by atoms with Gasteiger partial charge in [0.1, 0.15) is 6.07 Å². The molecule has 0 radical (unpaired) electrons. The van der Waals surface area contributed by atoms with Crippen molar-refractivity contribution in [3.8, 4) is 17.2 Å². The first-order valence-corrected chi connectivity index (χ1v) is 17.7. The predicted molar refractivity (Wildman–Crippen MR) is 214 cm³/mol. The van der Waals surface area contributed by atoms with Crippen LogP contribution in [0.25, 0.3) is 54.2 Å². The molecule has 0 atom stereocenters. The monoisotopic (exact) mass is 651 g/mol. The van der Waals surface area contributed by atoms with E-state index in [0.717, 1.165) is 47.4 Å². The normalized spacial score (nSPS) is 12.8. The van der Waals surface area contributed by atoms with Crippen LogP contribution in [-0.2, 0) is 6.42 Å². The highest BCUT2D eigenvalue weighted by atomic mass is 15.2. The molecular formula is C48H33N3. The van der Waals surface area contributed by atoms with Gasteiger partial charge in [0.2, 0.25) is 0 Å². The van der Waals surface area contributed by atoms with Crippen molar-refractivity contribution in [3.05, 3.63) is 175 Å². The van der Waals surface area contributed by atoms with Crippen molar-refractivity contribution >= 4 is 71.5 Å². The lowest BCUT2D eigenvalue weighted by Crippen LogP contribution is -2.24. The molecule has 0 bridgehead atoms. The zero-order valence-corrected chi connectivity index (χ0v) is 28.1. The van der Waals surface area contributed by atoms with Gasteiger partial charge in [-0.1, -0.05) is 115 Å². The molecule has 1 aliphatic rings. The summed E-state index contributed by atoms with van der Waals surface area (Å²) in [5.41, 5.74) is 9.85. The molecule has 10 rings (SSSR count). The van der Waals surface area contributed by atoms with Crippen LogP contribution in [0.1, 0.15) is 17.5 Å². The Morgan fingerprint density at radius 2 is 1.18 bits per heavy atom. The van der Waals surface area contributed by atoms with Gasteiger partial charge >= 0.3 is 0 Å². The molecule has 0 unspecified atom stereocenters. The molecule has 51 heavy (non-hydrogen) atoms. The fourth-order valence-corrected chi connectivity index (χ4v) is 8.33. The standard InChI is InChI=1S/C48H33N3/c49-31-39-11-4-6-14-44(39)51(40-23-17-33(18-24-40)38-16-15-32-8-1-2-10-37(32)30-38)46-28-22-36-19-25-41-45(27-21-35-20-26-42(46)48(36)47(35)41)50-29-7-12-34-9-3-5-13-43(34)50/h1-6,8-11,13-28,30H,7,12,29H2. The van der Waals surface area contributed by atoms with Crippen molar-refractivity contribution in [1.29, 1.82) is 5.26 Å². The van der Waals surface area contributed by atoms with Crippen molar-refractivity contribution in [1.82, 2.24) is 0 Å². The Morgan fingerprint density at radius 1 is 0.510 bits per heavy atom. The topological polar surface area (TPSA) is 30.3 Å². The Balaban J connectivity index is 1.16. The molecule has 0 amide bonds. The molecule has 0 aliphatic carbocycles. The number of anilines is 5. The van der Waals surface area contributed by atoms with E-state index in [1.807, 2.05) is 18.2 Å². The summed E-state index contributed by atoms with van der Waals surface area (Å²) in [7, 11) is 0. The van der Waals surface area contributed by atoms with Gasteiger partial charge in [0.25, 0.3) is 0 Å². The summed E-state index contributed by atoms with van der Waals surface area (Å²) in [6, 6.07) is 61.3. The number of fused-ring (bicyclic) bond motifs is 2. The molecule has 9 aromatic rings. The maximum atomic E-state index is 10.3. The number of para-hydroxylation sites is 2. The number of nitriles is 1. The zero-order chi connectivity index (χ0) is 33.9. The van der Waals surface area contributed by atoms with Gasteiger partial charge in [-0.15, -0.1) is 0 Å². The molecule has 1 heterocycles. The van der Waals surface area contributed by atoms with Crippen LogP contribution in [0.2, 0.25) is 0 Å². The minimum absolute atomic E-state index is 0.632. The molecule has 3 heteroatoms. The predicted octanol–water partition coefficient (Wildman–Crippen LogP) is 12.8. The van der Waals surface area contributed by atoms with Crippen LogP contribution in [0, 0.1) is 11.3 Å². The van der Waals surface area contributed by atoms with Gasteiger partial charge in [-0.2, -0.15) is 5.26 Å². The number of aryl methyl sites for hydroxylation is 1. The minimum atomic E-state index is 0.632. The van der Waals surface area contributed by atoms with Crippen molar-refractivity contribution in [2.45, 2.75) is 12.8 Å². The average Bonchev–Trinajstić information content (AvgIpc) is 3.20. The van der Waals surface area contributed by atoms with E-state index in [-0.39, 0.29) is 0 Å². The van der Waals surface area contributed by atoms with Crippen molar-refractivity contribution in [2.24, 2.45) is 0 Å². The average molecular weight is 652 g/mol. The minimum Gasteiger partial charge on any atom is -0.341 e. The summed E-state index contributed by atoms with van der Waals surface area (Å²) in [5, 5.41) is 20.2. The molecule has 0 N–H and O–H groups in total. The molecule has 0 spiro atoms. The van der Waals surface area contributed by atoms with Gasteiger partial charge in [0.05, 0.1) is 16.9 Å². The number of rotatable bonds is 5. The molecule has 0 fully saturated rings. The van der Waals surface area contributed by atoms with Crippen molar-refractivity contribution in [3.63, 3.8) is 0 Å². The van der Waals surface area contributed by atoms with Gasteiger partial charge in [0, 0.05) is 34.4 Å². The maximum Gasteiger partial charge on any atom is 0.101 e. The van der Waals surface area contributed by atoms with E-state index in [1.165, 1.54) is 60.2 Å². The Morgan fingerprint density at radius 3 is 2.04 bits per heavy atom. The third-order valence-electron chi connectivity index (χ3n) is 10.7. The van der Waals surface area contributed by atoms with Gasteiger partial charge in [-0.3, -0.25) is 0 Å². The highest BCUT2D eigenvalue weighted by Gasteiger charge is 2.24. The first-order valence-electron chi connectivity index (χ1n) is 17.7. The second-order valence-corrected chi connectivity index (χ2v) is 13.5. The molecular weight excluding hydrogens is 619 g/mol. The van der Waals surface area contributed by atoms with Gasteiger partial charge in [-0.25, -0.2) is 0 Å². The Labute approximate surface area is 297 Å². The van der Waals surface area contributed by atoms with E-state index in [9.17, 15) is 5.26 Å². The lowest BCUT2D eigenvalue weighted by Gasteiger charge is -2.33. The van der Waals surface area contributed by atoms with E-state index in [4.69, 9.17) is 0 Å². The van der Waals surface area contributed by atoms with Crippen LogP contribution >= 0.6 is 0 Å². The maximum absolute atomic E-state index is 10.3. The Bertz CT molecular complexity index is 2810. The molecule has 0 saturated heterocycles. The summed E-state index contributed by atoms with van der Waals surface area (Å²) in [6.07, 6.45) is 2.25. The summed E-state index contributed by atoms with van der Waals surface area (Å²) in [5.74, 6) is 0. The SMILES string of the molecule is N#Cc1ccccc1N(c1ccc(-c2ccc3ccccc3c2)cc1)c1ccc2ccc3c(N4CCCc5ccccc54)ccc4ccc1c2c43. The van der Waals surface area contributed by atoms with E-state index >= 15 is 0 Å². The molecule has 0 saturated carbocycles. The van der Waals surface area contributed by atoms with E-state index in [1.54, 1.807) is 0 Å². The van der Waals surface area contributed by atoms with E-state index in [0.29, 0.717) is 5.56 Å². The lowest BCUT2D eigenvalue weighted by atomic mass is 9.91. The third-order valence-corrected chi connectivity index (χ3v) is 10.7. The third kappa shape index (κ3) is 4.72. The summed E-state index contributed by atoms with van der Waals surface area (Å²) >= 11 is 0. The van der Waals surface area contributed by atoms with Crippen LogP contribution in [0.3, 0.4) is 0 Å². The van der Waals surface area contributed by atoms with Gasteiger partial charge in [0.15, 0.2) is 0 Å². The molecule has 0 aromatic heterocycles. The zero-order valence-electron chi connectivity index (χ0n) is 28.1. The number of hydrogen-bond acceptors (Lipinski definition) is 3. The van der Waals surface area contributed by atoms with E-state index in [2.05, 4.69) is 161 Å². The van der Waals surface area contributed by atoms with Crippen LogP contribution in [0.15, 0.2) is 164 Å². The van der Waals surface area contributed by atoms with Gasteiger partial charge in [-0.05, 0) is 110 Å².